The summed E-state index contributed by atoms with van der Waals surface area (Å²) in [7, 11) is 0. The minimum Gasteiger partial charge on any atom is -0.395 e. The summed E-state index contributed by atoms with van der Waals surface area (Å²) in [4.78, 5) is 0. The Kier molecular flexibility index (Phi) is 2.95. The van der Waals surface area contributed by atoms with E-state index in [9.17, 15) is 18.3 Å². The van der Waals surface area contributed by atoms with Crippen molar-refractivity contribution in [1.82, 2.24) is 0 Å². The number of hydrogen-bond acceptors (Lipinski definition) is 1. The van der Waals surface area contributed by atoms with Crippen molar-refractivity contribution in [3.05, 3.63) is 34.3 Å². The van der Waals surface area contributed by atoms with Crippen molar-refractivity contribution >= 4 is 11.6 Å². The number of hydrogen-bond donors (Lipinski definition) is 1. The van der Waals surface area contributed by atoms with Gasteiger partial charge < -0.3 is 5.11 Å². The minimum absolute atomic E-state index is 0.193. The molecule has 0 spiro atoms. The van der Waals surface area contributed by atoms with E-state index in [1.54, 1.807) is 0 Å². The maximum Gasteiger partial charge on any atom is 0.416 e. The van der Waals surface area contributed by atoms with Crippen molar-refractivity contribution in [3.63, 3.8) is 0 Å². The Balaban J connectivity index is 2.52. The van der Waals surface area contributed by atoms with Crippen LogP contribution in [-0.2, 0) is 11.6 Å². The normalized spacial score (nSPS) is 26.2. The Morgan fingerprint density at radius 1 is 1.33 bits per heavy atom. The van der Waals surface area contributed by atoms with Gasteiger partial charge in [0.15, 0.2) is 0 Å². The molecule has 1 N–H and O–H groups in total. The number of alkyl halides is 3. The van der Waals surface area contributed by atoms with Crippen LogP contribution in [0.25, 0.3) is 0 Å². The van der Waals surface area contributed by atoms with Gasteiger partial charge in [0, 0.05) is 10.4 Å². The van der Waals surface area contributed by atoms with Crippen LogP contribution >= 0.6 is 11.6 Å². The lowest BCUT2D eigenvalue weighted by molar-refractivity contribution is -0.137. The molecule has 1 unspecified atom stereocenters. The molecule has 0 heterocycles. The predicted octanol–water partition coefficient (Wildman–Crippen LogP) is 4.02. The van der Waals surface area contributed by atoms with Crippen molar-refractivity contribution in [2.24, 2.45) is 5.41 Å². The lowest BCUT2D eigenvalue weighted by Crippen LogP contribution is -2.21. The van der Waals surface area contributed by atoms with Crippen LogP contribution < -0.4 is 0 Å². The highest BCUT2D eigenvalue weighted by molar-refractivity contribution is 6.31. The number of benzene rings is 1. The molecule has 0 saturated heterocycles. The van der Waals surface area contributed by atoms with Crippen LogP contribution in [0, 0.1) is 5.41 Å². The number of aliphatic hydroxyl groups excluding tert-OH is 1. The molecule has 1 aliphatic carbocycles. The van der Waals surface area contributed by atoms with Crippen molar-refractivity contribution in [2.45, 2.75) is 31.9 Å². The Morgan fingerprint density at radius 2 is 1.89 bits per heavy atom. The van der Waals surface area contributed by atoms with Gasteiger partial charge in [0.1, 0.15) is 0 Å². The summed E-state index contributed by atoms with van der Waals surface area (Å²) in [5.41, 5.74) is -1.20. The highest BCUT2D eigenvalue weighted by Gasteiger charge is 2.62. The van der Waals surface area contributed by atoms with Gasteiger partial charge in [0.2, 0.25) is 0 Å². The van der Waals surface area contributed by atoms with Crippen LogP contribution in [0.3, 0.4) is 0 Å². The first-order valence-electron chi connectivity index (χ1n) is 5.62. The fourth-order valence-corrected chi connectivity index (χ4v) is 2.89. The van der Waals surface area contributed by atoms with E-state index in [0.717, 1.165) is 12.1 Å². The lowest BCUT2D eigenvalue weighted by atomic mass is 9.87. The van der Waals surface area contributed by atoms with E-state index in [2.05, 4.69) is 0 Å². The molecule has 2 rings (SSSR count). The van der Waals surface area contributed by atoms with Crippen molar-refractivity contribution in [3.8, 4) is 0 Å². The fraction of sp³-hybridized carbons (Fsp3) is 0.538. The van der Waals surface area contributed by atoms with Gasteiger partial charge >= 0.3 is 6.18 Å². The molecule has 0 aromatic heterocycles. The second kappa shape index (κ2) is 3.87. The molecule has 0 amide bonds. The number of halogens is 4. The molecule has 1 aliphatic rings. The van der Waals surface area contributed by atoms with Gasteiger partial charge in [-0.2, -0.15) is 13.2 Å². The van der Waals surface area contributed by atoms with Crippen molar-refractivity contribution < 1.29 is 18.3 Å². The van der Waals surface area contributed by atoms with Gasteiger partial charge in [-0.25, -0.2) is 0 Å². The van der Waals surface area contributed by atoms with E-state index in [4.69, 9.17) is 11.6 Å². The highest BCUT2D eigenvalue weighted by Crippen LogP contribution is 2.65. The second-order valence-electron chi connectivity index (χ2n) is 5.49. The quantitative estimate of drug-likeness (QED) is 0.866. The van der Waals surface area contributed by atoms with E-state index in [-0.39, 0.29) is 17.0 Å². The maximum absolute atomic E-state index is 12.7. The minimum atomic E-state index is -4.39. The van der Waals surface area contributed by atoms with E-state index in [1.165, 1.54) is 6.07 Å². The van der Waals surface area contributed by atoms with E-state index in [0.29, 0.717) is 12.0 Å². The first-order valence-corrected chi connectivity index (χ1v) is 6.00. The molecule has 1 aromatic rings. The van der Waals surface area contributed by atoms with Crippen LogP contribution in [0.5, 0.6) is 0 Å². The molecule has 1 fully saturated rings. The number of rotatable bonds is 2. The monoisotopic (exact) mass is 278 g/mol. The van der Waals surface area contributed by atoms with Gasteiger partial charge in [0.05, 0.1) is 12.2 Å². The molecule has 0 bridgehead atoms. The van der Waals surface area contributed by atoms with E-state index < -0.39 is 17.2 Å². The molecule has 18 heavy (non-hydrogen) atoms. The first kappa shape index (κ1) is 13.7. The zero-order chi connectivity index (χ0) is 13.8. The Morgan fingerprint density at radius 3 is 2.28 bits per heavy atom. The van der Waals surface area contributed by atoms with Crippen LogP contribution in [0.4, 0.5) is 13.2 Å². The van der Waals surface area contributed by atoms with Crippen LogP contribution in [0.1, 0.15) is 31.4 Å². The molecule has 0 radical (unpaired) electrons. The van der Waals surface area contributed by atoms with Crippen LogP contribution in [-0.4, -0.2) is 11.7 Å². The molecule has 5 heteroatoms. The standard InChI is InChI=1S/C13H14ClF3O/c1-11(2)6-12(11,7-18)9-5-8(13(15,16)17)3-4-10(9)14/h3-5,18H,6-7H2,1-2H3. The third-order valence-corrected chi connectivity index (χ3v) is 4.32. The predicted molar refractivity (Wildman–Crippen MR) is 63.6 cm³/mol. The molecule has 1 nitrogen and oxygen atoms in total. The lowest BCUT2D eigenvalue weighted by Gasteiger charge is -2.21. The third-order valence-electron chi connectivity index (χ3n) is 3.99. The third kappa shape index (κ3) is 1.91. The zero-order valence-corrected chi connectivity index (χ0v) is 10.9. The van der Waals surface area contributed by atoms with Crippen molar-refractivity contribution in [1.29, 1.82) is 0 Å². The number of aliphatic hydroxyl groups is 1. The summed E-state index contributed by atoms with van der Waals surface area (Å²) in [5.74, 6) is 0. The maximum atomic E-state index is 12.7. The summed E-state index contributed by atoms with van der Waals surface area (Å²) in [6.07, 6.45) is -3.76. The molecule has 1 saturated carbocycles. The summed E-state index contributed by atoms with van der Waals surface area (Å²) < 4.78 is 38.1. The zero-order valence-electron chi connectivity index (χ0n) is 10.1. The average molecular weight is 279 g/mol. The van der Waals surface area contributed by atoms with Gasteiger partial charge in [-0.05, 0) is 35.6 Å². The molecule has 100 valence electrons. The highest BCUT2D eigenvalue weighted by atomic mass is 35.5. The summed E-state index contributed by atoms with van der Waals surface area (Å²) in [6.45, 7) is 3.64. The van der Waals surface area contributed by atoms with Crippen molar-refractivity contribution in [2.75, 3.05) is 6.61 Å². The van der Waals surface area contributed by atoms with Crippen LogP contribution in [0.2, 0.25) is 5.02 Å². The first-order chi connectivity index (χ1) is 8.14. The van der Waals surface area contributed by atoms with Gasteiger partial charge in [-0.1, -0.05) is 25.4 Å². The fourth-order valence-electron chi connectivity index (χ4n) is 2.59. The average Bonchev–Trinajstić information content (AvgIpc) is 2.81. The Hall–Kier alpha value is -0.740. The molecule has 0 aliphatic heterocycles. The Bertz CT molecular complexity index is 482. The van der Waals surface area contributed by atoms with E-state index in [1.807, 2.05) is 13.8 Å². The SMILES string of the molecule is CC1(C)CC1(CO)c1cc(C(F)(F)F)ccc1Cl. The molecular formula is C13H14ClF3O. The molecule has 1 aromatic carbocycles. The topological polar surface area (TPSA) is 20.2 Å². The second-order valence-corrected chi connectivity index (χ2v) is 5.90. The van der Waals surface area contributed by atoms with Gasteiger partial charge in [-0.3, -0.25) is 0 Å². The summed E-state index contributed by atoms with van der Waals surface area (Å²) in [6, 6.07) is 3.28. The van der Waals surface area contributed by atoms with E-state index >= 15 is 0 Å². The van der Waals surface area contributed by atoms with Gasteiger partial charge in [-0.15, -0.1) is 0 Å². The molecule has 1 atom stereocenters. The summed E-state index contributed by atoms with van der Waals surface area (Å²) >= 11 is 6.00. The largest absolute Gasteiger partial charge is 0.416 e. The Labute approximate surface area is 109 Å². The smallest absolute Gasteiger partial charge is 0.395 e. The van der Waals surface area contributed by atoms with Crippen LogP contribution in [0.15, 0.2) is 18.2 Å². The molecular weight excluding hydrogens is 265 g/mol. The van der Waals surface area contributed by atoms with Gasteiger partial charge in [0.25, 0.3) is 0 Å². The summed E-state index contributed by atoms with van der Waals surface area (Å²) in [5, 5.41) is 9.80.